The summed E-state index contributed by atoms with van der Waals surface area (Å²) in [6, 6.07) is 5.34. The Morgan fingerprint density at radius 2 is 1.95 bits per heavy atom. The lowest BCUT2D eigenvalue weighted by molar-refractivity contribution is 0.436. The van der Waals surface area contributed by atoms with E-state index in [2.05, 4.69) is 36.2 Å². The molecule has 0 radical (unpaired) electrons. The van der Waals surface area contributed by atoms with Crippen molar-refractivity contribution in [3.8, 4) is 0 Å². The van der Waals surface area contributed by atoms with Crippen LogP contribution in [0.1, 0.15) is 50.8 Å². The van der Waals surface area contributed by atoms with Crippen LogP contribution in [0.5, 0.6) is 0 Å². The summed E-state index contributed by atoms with van der Waals surface area (Å²) in [5.74, 6) is 2.07. The average molecular weight is 273 g/mol. The second-order valence-electron chi connectivity index (χ2n) is 6.50. The lowest BCUT2D eigenvalue weighted by Gasteiger charge is -2.31. The van der Waals surface area contributed by atoms with Gasteiger partial charge in [-0.3, -0.25) is 0 Å². The third-order valence-electron chi connectivity index (χ3n) is 4.57. The minimum Gasteiger partial charge on any atom is -0.357 e. The maximum atomic E-state index is 4.84. The summed E-state index contributed by atoms with van der Waals surface area (Å²) in [6.07, 6.45) is 6.32. The molecule has 3 nitrogen and oxygen atoms in total. The van der Waals surface area contributed by atoms with E-state index >= 15 is 0 Å². The molecule has 0 spiro atoms. The Labute approximate surface area is 122 Å². The van der Waals surface area contributed by atoms with Crippen LogP contribution in [0, 0.1) is 5.92 Å². The van der Waals surface area contributed by atoms with Crippen molar-refractivity contribution in [1.29, 1.82) is 0 Å². The molecule has 110 valence electrons. The van der Waals surface area contributed by atoms with Crippen LogP contribution in [-0.4, -0.2) is 24.1 Å². The summed E-state index contributed by atoms with van der Waals surface area (Å²) in [5, 5.41) is 3.62. The maximum absolute atomic E-state index is 4.84. The fraction of sp³-hybridized carbons (Fsp3) is 0.706. The van der Waals surface area contributed by atoms with Crippen molar-refractivity contribution >= 4 is 5.82 Å². The van der Waals surface area contributed by atoms with E-state index in [0.717, 1.165) is 38.0 Å². The highest BCUT2D eigenvalue weighted by molar-refractivity contribution is 5.43. The summed E-state index contributed by atoms with van der Waals surface area (Å²) in [6.45, 7) is 7.88. The Morgan fingerprint density at radius 1 is 1.20 bits per heavy atom. The largest absolute Gasteiger partial charge is 0.357 e. The number of nitrogens with one attached hydrogen (secondary N) is 1. The van der Waals surface area contributed by atoms with Gasteiger partial charge in [-0.25, -0.2) is 4.98 Å². The van der Waals surface area contributed by atoms with Crippen LogP contribution < -0.4 is 10.2 Å². The quantitative estimate of drug-likeness (QED) is 0.893. The van der Waals surface area contributed by atoms with Gasteiger partial charge in [0.1, 0.15) is 5.82 Å². The molecule has 2 fully saturated rings. The van der Waals surface area contributed by atoms with E-state index in [0.29, 0.717) is 0 Å². The molecule has 1 saturated carbocycles. The zero-order valence-corrected chi connectivity index (χ0v) is 12.9. The average Bonchev–Trinajstić information content (AvgIpc) is 3.30. The first kappa shape index (κ1) is 13.9. The molecular formula is C17H27N3. The van der Waals surface area contributed by atoms with E-state index in [9.17, 15) is 0 Å². The Balaban J connectivity index is 1.72. The first-order valence-corrected chi connectivity index (χ1v) is 8.22. The molecule has 3 rings (SSSR count). The molecule has 1 N–H and O–H groups in total. The summed E-state index contributed by atoms with van der Waals surface area (Å²) >= 11 is 0. The van der Waals surface area contributed by atoms with Gasteiger partial charge < -0.3 is 10.2 Å². The molecule has 20 heavy (non-hydrogen) atoms. The lowest BCUT2D eigenvalue weighted by atomic mass is 9.99. The lowest BCUT2D eigenvalue weighted by Crippen LogP contribution is -2.33. The summed E-state index contributed by atoms with van der Waals surface area (Å²) in [5.41, 5.74) is 2.63. The van der Waals surface area contributed by atoms with Gasteiger partial charge in [0, 0.05) is 31.4 Å². The van der Waals surface area contributed by atoms with Crippen LogP contribution in [0.15, 0.2) is 12.1 Å². The second kappa shape index (κ2) is 6.13. The van der Waals surface area contributed by atoms with Crippen molar-refractivity contribution in [1.82, 2.24) is 10.3 Å². The van der Waals surface area contributed by atoms with E-state index in [1.54, 1.807) is 0 Å². The van der Waals surface area contributed by atoms with Crippen LogP contribution in [0.2, 0.25) is 0 Å². The molecule has 1 saturated heterocycles. The highest BCUT2D eigenvalue weighted by Crippen LogP contribution is 2.24. The van der Waals surface area contributed by atoms with Crippen molar-refractivity contribution < 1.29 is 0 Å². The van der Waals surface area contributed by atoms with Crippen LogP contribution >= 0.6 is 0 Å². The number of hydrogen-bond acceptors (Lipinski definition) is 3. The van der Waals surface area contributed by atoms with Crippen LogP contribution in [0.4, 0.5) is 5.82 Å². The molecular weight excluding hydrogens is 246 g/mol. The highest BCUT2D eigenvalue weighted by atomic mass is 15.2. The fourth-order valence-electron chi connectivity index (χ4n) is 2.87. The van der Waals surface area contributed by atoms with Gasteiger partial charge in [-0.05, 0) is 55.7 Å². The van der Waals surface area contributed by atoms with Gasteiger partial charge in [-0.15, -0.1) is 0 Å². The minimum atomic E-state index is 0.771. The van der Waals surface area contributed by atoms with Gasteiger partial charge in [0.05, 0.1) is 0 Å². The summed E-state index contributed by atoms with van der Waals surface area (Å²) in [7, 11) is 0. The van der Waals surface area contributed by atoms with E-state index in [1.165, 1.54) is 42.8 Å². The van der Waals surface area contributed by atoms with Crippen LogP contribution in [0.25, 0.3) is 0 Å². The molecule has 0 atom stereocenters. The van der Waals surface area contributed by atoms with E-state index in [-0.39, 0.29) is 0 Å². The number of rotatable bonds is 5. The molecule has 3 heteroatoms. The van der Waals surface area contributed by atoms with Crippen molar-refractivity contribution in [2.24, 2.45) is 5.92 Å². The van der Waals surface area contributed by atoms with Gasteiger partial charge in [0.15, 0.2) is 0 Å². The highest BCUT2D eigenvalue weighted by Gasteiger charge is 2.21. The van der Waals surface area contributed by atoms with Gasteiger partial charge in [-0.1, -0.05) is 13.8 Å². The van der Waals surface area contributed by atoms with Crippen molar-refractivity contribution in [3.05, 3.63) is 23.4 Å². The van der Waals surface area contributed by atoms with E-state index < -0.39 is 0 Å². The van der Waals surface area contributed by atoms with Crippen molar-refractivity contribution in [2.75, 3.05) is 18.0 Å². The van der Waals surface area contributed by atoms with Crippen molar-refractivity contribution in [3.63, 3.8) is 0 Å². The van der Waals surface area contributed by atoms with E-state index in [1.807, 2.05) is 0 Å². The Morgan fingerprint density at radius 3 is 2.60 bits per heavy atom. The second-order valence-corrected chi connectivity index (χ2v) is 6.50. The van der Waals surface area contributed by atoms with Gasteiger partial charge in [0.2, 0.25) is 0 Å². The monoisotopic (exact) mass is 273 g/mol. The molecule has 2 heterocycles. The number of piperidine rings is 1. The third kappa shape index (κ3) is 3.51. The molecule has 0 unspecified atom stereocenters. The van der Waals surface area contributed by atoms with Gasteiger partial charge in [0.25, 0.3) is 0 Å². The minimum absolute atomic E-state index is 0.771. The zero-order chi connectivity index (χ0) is 13.9. The Hall–Kier alpha value is -1.09. The standard InChI is InChI=1S/C17H27N3/c1-3-15-10-14(12-18-16-4-5-16)11-17(19-15)20-8-6-13(2)7-9-20/h10-11,13,16,18H,3-9,12H2,1-2H3. The first-order valence-electron chi connectivity index (χ1n) is 8.22. The van der Waals surface area contributed by atoms with Gasteiger partial charge in [-0.2, -0.15) is 0 Å². The molecule has 1 aliphatic carbocycles. The van der Waals surface area contributed by atoms with Crippen LogP contribution in [-0.2, 0) is 13.0 Å². The van der Waals surface area contributed by atoms with Crippen molar-refractivity contribution in [2.45, 2.75) is 58.5 Å². The SMILES string of the molecule is CCc1cc(CNC2CC2)cc(N2CCC(C)CC2)n1. The topological polar surface area (TPSA) is 28.2 Å². The van der Waals surface area contributed by atoms with Crippen LogP contribution in [0.3, 0.4) is 0 Å². The third-order valence-corrected chi connectivity index (χ3v) is 4.57. The number of pyridine rings is 1. The Bertz CT molecular complexity index is 446. The summed E-state index contributed by atoms with van der Waals surface area (Å²) in [4.78, 5) is 7.31. The molecule has 0 bridgehead atoms. The number of aryl methyl sites for hydroxylation is 1. The van der Waals surface area contributed by atoms with E-state index in [4.69, 9.17) is 4.98 Å². The zero-order valence-electron chi connectivity index (χ0n) is 12.9. The molecule has 1 aromatic rings. The number of hydrogen-bond donors (Lipinski definition) is 1. The first-order chi connectivity index (χ1) is 9.74. The molecule has 0 aromatic carbocycles. The number of aromatic nitrogens is 1. The summed E-state index contributed by atoms with van der Waals surface area (Å²) < 4.78 is 0. The molecule has 1 aliphatic heterocycles. The molecule has 1 aromatic heterocycles. The Kier molecular flexibility index (Phi) is 4.25. The smallest absolute Gasteiger partial charge is 0.129 e. The molecule has 0 amide bonds. The fourth-order valence-corrected chi connectivity index (χ4v) is 2.87. The van der Waals surface area contributed by atoms with Gasteiger partial charge >= 0.3 is 0 Å². The number of nitrogens with zero attached hydrogens (tertiary/aromatic N) is 2. The number of anilines is 1. The maximum Gasteiger partial charge on any atom is 0.129 e. The normalized spacial score (nSPS) is 20.4. The predicted octanol–water partition coefficient (Wildman–Crippen LogP) is 3.13. The predicted molar refractivity (Wildman–Crippen MR) is 84.1 cm³/mol. The molecule has 2 aliphatic rings.